The topological polar surface area (TPSA) is 114 Å². The SMILES string of the molecule is O=C(Nc1ccc(NC(=O)c2cc([N+](=O)[O-])ccc2Cl)cc1)c1ccco1. The highest BCUT2D eigenvalue weighted by Crippen LogP contribution is 2.23. The molecular weight excluding hydrogens is 374 g/mol. The third-order valence-corrected chi connectivity index (χ3v) is 3.88. The van der Waals surface area contributed by atoms with Gasteiger partial charge in [0.1, 0.15) is 0 Å². The molecule has 2 amide bonds. The van der Waals surface area contributed by atoms with Crippen LogP contribution in [-0.4, -0.2) is 16.7 Å². The molecule has 3 rings (SSSR count). The van der Waals surface area contributed by atoms with Gasteiger partial charge in [-0.2, -0.15) is 0 Å². The van der Waals surface area contributed by atoms with E-state index >= 15 is 0 Å². The van der Waals surface area contributed by atoms with E-state index in [0.29, 0.717) is 11.4 Å². The Bertz CT molecular complexity index is 1000. The zero-order valence-corrected chi connectivity index (χ0v) is 14.4. The van der Waals surface area contributed by atoms with Gasteiger partial charge >= 0.3 is 0 Å². The number of hydrogen-bond donors (Lipinski definition) is 2. The summed E-state index contributed by atoms with van der Waals surface area (Å²) in [5.41, 5.74) is 0.683. The van der Waals surface area contributed by atoms with Crippen molar-refractivity contribution in [3.8, 4) is 0 Å². The number of amides is 2. The molecule has 0 atom stereocenters. The summed E-state index contributed by atoms with van der Waals surface area (Å²) in [5, 5.41) is 16.2. The van der Waals surface area contributed by atoms with Crippen molar-refractivity contribution in [2.75, 3.05) is 10.6 Å². The first-order valence-electron chi connectivity index (χ1n) is 7.64. The normalized spacial score (nSPS) is 10.3. The lowest BCUT2D eigenvalue weighted by Gasteiger charge is -2.08. The minimum atomic E-state index is -0.608. The van der Waals surface area contributed by atoms with Crippen LogP contribution in [0.5, 0.6) is 0 Å². The van der Waals surface area contributed by atoms with Crippen LogP contribution in [-0.2, 0) is 0 Å². The second kappa shape index (κ2) is 7.71. The molecule has 0 aliphatic rings. The number of rotatable bonds is 5. The number of nitro benzene ring substituents is 1. The molecule has 2 aromatic carbocycles. The molecule has 0 bridgehead atoms. The summed E-state index contributed by atoms with van der Waals surface area (Å²) in [6.07, 6.45) is 1.40. The fourth-order valence-electron chi connectivity index (χ4n) is 2.24. The van der Waals surface area contributed by atoms with E-state index in [-0.39, 0.29) is 22.0 Å². The van der Waals surface area contributed by atoms with Crippen molar-refractivity contribution in [3.63, 3.8) is 0 Å². The Hall–Kier alpha value is -3.65. The van der Waals surface area contributed by atoms with Crippen LogP contribution in [0, 0.1) is 10.1 Å². The van der Waals surface area contributed by atoms with E-state index in [9.17, 15) is 19.7 Å². The summed E-state index contributed by atoms with van der Waals surface area (Å²) in [4.78, 5) is 34.5. The Balaban J connectivity index is 1.69. The standard InChI is InChI=1S/C18H12ClN3O5/c19-15-8-7-13(22(25)26)10-14(15)17(23)20-11-3-5-12(6-4-11)21-18(24)16-2-1-9-27-16/h1-10H,(H,20,23)(H,21,24). The van der Waals surface area contributed by atoms with Crippen molar-refractivity contribution < 1.29 is 18.9 Å². The Morgan fingerprint density at radius 2 is 1.59 bits per heavy atom. The average molecular weight is 386 g/mol. The molecule has 0 saturated heterocycles. The largest absolute Gasteiger partial charge is 0.459 e. The summed E-state index contributed by atoms with van der Waals surface area (Å²) in [6, 6.07) is 13.1. The van der Waals surface area contributed by atoms with Crippen LogP contribution < -0.4 is 10.6 Å². The van der Waals surface area contributed by atoms with Gasteiger partial charge in [-0.15, -0.1) is 0 Å². The van der Waals surface area contributed by atoms with Crippen LogP contribution >= 0.6 is 11.6 Å². The molecule has 136 valence electrons. The number of benzene rings is 2. The second-order valence-corrected chi connectivity index (χ2v) is 5.79. The molecule has 0 aliphatic heterocycles. The molecular formula is C18H12ClN3O5. The number of hydrogen-bond acceptors (Lipinski definition) is 5. The van der Waals surface area contributed by atoms with Crippen LogP contribution in [0.2, 0.25) is 5.02 Å². The molecule has 0 fully saturated rings. The van der Waals surface area contributed by atoms with Crippen LogP contribution in [0.15, 0.2) is 65.3 Å². The smallest absolute Gasteiger partial charge is 0.291 e. The van der Waals surface area contributed by atoms with Crippen molar-refractivity contribution >= 4 is 40.5 Å². The predicted octanol–water partition coefficient (Wildman–Crippen LogP) is 4.35. The molecule has 0 aliphatic carbocycles. The van der Waals surface area contributed by atoms with Crippen molar-refractivity contribution in [1.29, 1.82) is 0 Å². The van der Waals surface area contributed by atoms with E-state index in [2.05, 4.69) is 10.6 Å². The molecule has 9 heteroatoms. The van der Waals surface area contributed by atoms with E-state index < -0.39 is 16.7 Å². The lowest BCUT2D eigenvalue weighted by atomic mass is 10.1. The average Bonchev–Trinajstić information content (AvgIpc) is 3.18. The molecule has 0 radical (unpaired) electrons. The molecule has 2 N–H and O–H groups in total. The van der Waals surface area contributed by atoms with Gasteiger partial charge in [-0.05, 0) is 42.5 Å². The number of halogens is 1. The van der Waals surface area contributed by atoms with Gasteiger partial charge in [-0.3, -0.25) is 19.7 Å². The number of nitrogens with zero attached hydrogens (tertiary/aromatic N) is 1. The van der Waals surface area contributed by atoms with E-state index in [4.69, 9.17) is 16.0 Å². The highest BCUT2D eigenvalue weighted by Gasteiger charge is 2.16. The van der Waals surface area contributed by atoms with Gasteiger partial charge in [-0.25, -0.2) is 0 Å². The van der Waals surface area contributed by atoms with Crippen molar-refractivity contribution in [2.45, 2.75) is 0 Å². The minimum Gasteiger partial charge on any atom is -0.459 e. The van der Waals surface area contributed by atoms with Crippen molar-refractivity contribution in [3.05, 3.63) is 87.3 Å². The van der Waals surface area contributed by atoms with E-state index in [0.717, 1.165) is 6.07 Å². The quantitative estimate of drug-likeness (QED) is 0.500. The number of nitro groups is 1. The van der Waals surface area contributed by atoms with Gasteiger partial charge < -0.3 is 15.1 Å². The maximum atomic E-state index is 12.3. The summed E-state index contributed by atoms with van der Waals surface area (Å²) in [5.74, 6) is -0.816. The molecule has 1 heterocycles. The number of nitrogens with one attached hydrogen (secondary N) is 2. The third-order valence-electron chi connectivity index (χ3n) is 3.55. The maximum Gasteiger partial charge on any atom is 0.291 e. The Labute approximate surface area is 157 Å². The zero-order valence-electron chi connectivity index (χ0n) is 13.6. The number of carbonyl (C=O) groups is 2. The van der Waals surface area contributed by atoms with Crippen molar-refractivity contribution in [2.24, 2.45) is 0 Å². The summed E-state index contributed by atoms with van der Waals surface area (Å²) in [7, 11) is 0. The van der Waals surface area contributed by atoms with Gasteiger partial charge in [0.15, 0.2) is 5.76 Å². The van der Waals surface area contributed by atoms with Gasteiger partial charge in [0, 0.05) is 23.5 Å². The van der Waals surface area contributed by atoms with Gasteiger partial charge in [-0.1, -0.05) is 11.6 Å². The lowest BCUT2D eigenvalue weighted by Crippen LogP contribution is -2.13. The first-order valence-corrected chi connectivity index (χ1v) is 8.02. The maximum absolute atomic E-state index is 12.3. The highest BCUT2D eigenvalue weighted by atomic mass is 35.5. The Morgan fingerprint density at radius 1 is 0.963 bits per heavy atom. The van der Waals surface area contributed by atoms with E-state index in [1.165, 1.54) is 24.5 Å². The third kappa shape index (κ3) is 4.31. The second-order valence-electron chi connectivity index (χ2n) is 5.38. The molecule has 8 nitrogen and oxygen atoms in total. The summed E-state index contributed by atoms with van der Waals surface area (Å²) < 4.78 is 5.00. The van der Waals surface area contributed by atoms with Crippen LogP contribution in [0.4, 0.5) is 17.1 Å². The fourth-order valence-corrected chi connectivity index (χ4v) is 2.44. The monoisotopic (exact) mass is 385 g/mol. The molecule has 1 aromatic heterocycles. The summed E-state index contributed by atoms with van der Waals surface area (Å²) in [6.45, 7) is 0. The molecule has 0 spiro atoms. The van der Waals surface area contributed by atoms with Gasteiger partial charge in [0.25, 0.3) is 17.5 Å². The number of anilines is 2. The van der Waals surface area contributed by atoms with Crippen LogP contribution in [0.3, 0.4) is 0 Å². The number of carbonyl (C=O) groups excluding carboxylic acids is 2. The fraction of sp³-hybridized carbons (Fsp3) is 0. The highest BCUT2D eigenvalue weighted by molar-refractivity contribution is 6.34. The lowest BCUT2D eigenvalue weighted by molar-refractivity contribution is -0.384. The van der Waals surface area contributed by atoms with Crippen LogP contribution in [0.1, 0.15) is 20.9 Å². The first-order chi connectivity index (χ1) is 12.9. The number of furan rings is 1. The minimum absolute atomic E-state index is 0.0129. The van der Waals surface area contributed by atoms with Crippen molar-refractivity contribution in [1.82, 2.24) is 0 Å². The Morgan fingerprint density at radius 3 is 2.15 bits per heavy atom. The molecule has 0 unspecified atom stereocenters. The number of non-ortho nitro benzene ring substituents is 1. The van der Waals surface area contributed by atoms with Crippen LogP contribution in [0.25, 0.3) is 0 Å². The van der Waals surface area contributed by atoms with E-state index in [1.54, 1.807) is 30.3 Å². The predicted molar refractivity (Wildman–Crippen MR) is 99.2 cm³/mol. The van der Waals surface area contributed by atoms with Gasteiger partial charge in [0.05, 0.1) is 21.8 Å². The molecule has 3 aromatic rings. The summed E-state index contributed by atoms with van der Waals surface area (Å²) >= 11 is 5.95. The van der Waals surface area contributed by atoms with E-state index in [1.807, 2.05) is 0 Å². The van der Waals surface area contributed by atoms with Gasteiger partial charge in [0.2, 0.25) is 0 Å². The first kappa shape index (κ1) is 18.2. The zero-order chi connectivity index (χ0) is 19.4. The molecule has 0 saturated carbocycles. The Kier molecular flexibility index (Phi) is 5.18. The molecule has 27 heavy (non-hydrogen) atoms.